The Labute approximate surface area is 342 Å². The molecule has 0 aliphatic rings. The molecule has 6 atom stereocenters. The number of amides is 3. The lowest BCUT2D eigenvalue weighted by Gasteiger charge is -2.36. The van der Waals surface area contributed by atoms with E-state index >= 15 is 0 Å². The number of methoxy groups -OCH3 is 2. The second-order valence-electron chi connectivity index (χ2n) is 15.2. The molecule has 3 amide bonds. The number of hydrogen-bond donors (Lipinski definition) is 3. The molecule has 3 rings (SSSR count). The minimum atomic E-state index is -1.23. The van der Waals surface area contributed by atoms with Crippen molar-refractivity contribution in [2.24, 2.45) is 11.8 Å². The highest BCUT2D eigenvalue weighted by Gasteiger charge is 2.40. The molecule has 316 valence electrons. The summed E-state index contributed by atoms with van der Waals surface area (Å²) in [5.41, 5.74) is 2.15. The molecule has 14 nitrogen and oxygen atoms in total. The van der Waals surface area contributed by atoms with Crippen LogP contribution in [0.25, 0.3) is 0 Å². The van der Waals surface area contributed by atoms with Crippen LogP contribution in [-0.4, -0.2) is 127 Å². The minimum Gasteiger partial charge on any atom is -0.508 e. The number of likely N-dealkylation sites (N-methyl/N-ethyl adjacent to an activating group) is 3. The molecule has 0 saturated heterocycles. The molecule has 0 radical (unpaired) electrons. The zero-order valence-electron chi connectivity index (χ0n) is 35.3. The average Bonchev–Trinajstić information content (AvgIpc) is 3.21. The highest BCUT2D eigenvalue weighted by molar-refractivity contribution is 5.95. The Bertz CT molecular complexity index is 1820. The van der Waals surface area contributed by atoms with E-state index in [1.807, 2.05) is 19.1 Å². The van der Waals surface area contributed by atoms with Crippen molar-refractivity contribution in [2.75, 3.05) is 42.4 Å². The van der Waals surface area contributed by atoms with E-state index in [2.05, 4.69) is 5.32 Å². The van der Waals surface area contributed by atoms with Gasteiger partial charge in [-0.25, -0.2) is 4.79 Å². The van der Waals surface area contributed by atoms with E-state index < -0.39 is 71.8 Å². The van der Waals surface area contributed by atoms with Gasteiger partial charge in [-0.15, -0.1) is 0 Å². The van der Waals surface area contributed by atoms with Gasteiger partial charge >= 0.3 is 11.9 Å². The van der Waals surface area contributed by atoms with Crippen molar-refractivity contribution in [1.82, 2.24) is 20.0 Å². The summed E-state index contributed by atoms with van der Waals surface area (Å²) in [6, 6.07) is 15.6. The summed E-state index contributed by atoms with van der Waals surface area (Å²) in [6.45, 7) is 7.18. The third-order valence-corrected chi connectivity index (χ3v) is 10.5. The third-order valence-electron chi connectivity index (χ3n) is 10.5. The summed E-state index contributed by atoms with van der Waals surface area (Å²) < 4.78 is 16.3. The number of rotatable bonds is 20. The molecule has 14 heteroatoms. The van der Waals surface area contributed by atoms with Gasteiger partial charge in [0.2, 0.25) is 11.8 Å². The topological polar surface area (TPSA) is 175 Å². The number of phenolic OH excluding ortho intramolecular Hbond substituents is 2. The standard InChI is InChI=1S/C44H60N4O10/c1-11-28(4)39(58-44(55)36(46(5)6)25-31-16-22-34(56-9)23-17-31)40(51)45-38(27(2)3)42(53)47(7)35(24-29-12-18-32(49)19-13-29)41(52)48(8)37(43(54)57-10)26-30-14-20-33(50)21-15-30/h12-23,27-28,35-39,49-50H,11,24-26H2,1-10H3,(H,45,51)/t28-,35-,36+,37+,38-,39?/m1/s1. The third kappa shape index (κ3) is 12.7. The quantitative estimate of drug-likeness (QED) is 0.141. The Morgan fingerprint density at radius 1 is 0.638 bits per heavy atom. The molecule has 3 aromatic rings. The van der Waals surface area contributed by atoms with Gasteiger partial charge in [0.05, 0.1) is 14.2 Å². The van der Waals surface area contributed by atoms with Crippen LogP contribution >= 0.6 is 0 Å². The zero-order valence-corrected chi connectivity index (χ0v) is 35.3. The molecule has 0 fully saturated rings. The van der Waals surface area contributed by atoms with Crippen molar-refractivity contribution in [3.63, 3.8) is 0 Å². The van der Waals surface area contributed by atoms with Crippen molar-refractivity contribution >= 4 is 29.7 Å². The maximum atomic E-state index is 14.5. The fraction of sp³-hybridized carbons (Fsp3) is 0.477. The van der Waals surface area contributed by atoms with Gasteiger partial charge in [-0.2, -0.15) is 0 Å². The Kier molecular flexibility index (Phi) is 17.5. The molecule has 0 heterocycles. The first-order valence-electron chi connectivity index (χ1n) is 19.4. The van der Waals surface area contributed by atoms with Crippen molar-refractivity contribution in [3.8, 4) is 17.2 Å². The maximum Gasteiger partial charge on any atom is 0.328 e. The zero-order chi connectivity index (χ0) is 43.3. The summed E-state index contributed by atoms with van der Waals surface area (Å²) in [5, 5.41) is 22.6. The number of aromatic hydroxyl groups is 2. The number of nitrogens with zero attached hydrogens (tertiary/aromatic N) is 3. The number of carbonyl (C=O) groups excluding carboxylic acids is 5. The lowest BCUT2D eigenvalue weighted by molar-refractivity contribution is -0.164. The Morgan fingerprint density at radius 2 is 1.09 bits per heavy atom. The van der Waals surface area contributed by atoms with Crippen molar-refractivity contribution in [1.29, 1.82) is 0 Å². The molecule has 3 aromatic carbocycles. The number of ether oxygens (including phenoxy) is 3. The van der Waals surface area contributed by atoms with E-state index in [0.29, 0.717) is 29.7 Å². The molecule has 3 N–H and O–H groups in total. The minimum absolute atomic E-state index is 0.00475. The van der Waals surface area contributed by atoms with Gasteiger partial charge < -0.3 is 39.5 Å². The Balaban J connectivity index is 1.92. The highest BCUT2D eigenvalue weighted by Crippen LogP contribution is 2.22. The van der Waals surface area contributed by atoms with E-state index in [-0.39, 0.29) is 24.3 Å². The van der Waals surface area contributed by atoms with Crippen LogP contribution in [0.3, 0.4) is 0 Å². The van der Waals surface area contributed by atoms with E-state index in [4.69, 9.17) is 14.2 Å². The summed E-state index contributed by atoms with van der Waals surface area (Å²) >= 11 is 0. The summed E-state index contributed by atoms with van der Waals surface area (Å²) in [6.07, 6.45) is -0.341. The lowest BCUT2D eigenvalue weighted by Crippen LogP contribution is -2.59. The van der Waals surface area contributed by atoms with E-state index in [1.165, 1.54) is 55.3 Å². The van der Waals surface area contributed by atoms with Crippen LogP contribution in [0.5, 0.6) is 17.2 Å². The van der Waals surface area contributed by atoms with Gasteiger partial charge in [0.1, 0.15) is 41.4 Å². The number of hydrogen-bond acceptors (Lipinski definition) is 11. The first kappa shape index (κ1) is 46.8. The first-order chi connectivity index (χ1) is 27.4. The molecule has 58 heavy (non-hydrogen) atoms. The SMILES string of the molecule is CC[C@@H](C)C(OC(=O)[C@H](Cc1ccc(OC)cc1)N(C)C)C(=O)N[C@@H](C(=O)N(C)[C@H](Cc1ccc(O)cc1)C(=O)N(C)[C@@H](Cc1ccc(O)cc1)C(=O)OC)C(C)C. The Hall–Kier alpha value is -5.63. The van der Waals surface area contributed by atoms with Gasteiger partial charge in [-0.05, 0) is 85.9 Å². The number of nitrogens with one attached hydrogen (secondary N) is 1. The van der Waals surface area contributed by atoms with E-state index in [0.717, 1.165) is 5.56 Å². The van der Waals surface area contributed by atoms with Gasteiger partial charge in [0.25, 0.3) is 5.91 Å². The molecule has 0 bridgehead atoms. The number of esters is 2. The van der Waals surface area contributed by atoms with Crippen LogP contribution in [0, 0.1) is 11.8 Å². The summed E-state index contributed by atoms with van der Waals surface area (Å²) in [5.74, 6) is -3.22. The first-order valence-corrected chi connectivity index (χ1v) is 19.4. The molecule has 0 saturated carbocycles. The molecular formula is C44H60N4O10. The van der Waals surface area contributed by atoms with Crippen molar-refractivity contribution in [2.45, 2.75) is 83.6 Å². The van der Waals surface area contributed by atoms with E-state index in [9.17, 15) is 34.2 Å². The second-order valence-corrected chi connectivity index (χ2v) is 15.2. The molecule has 0 aliphatic carbocycles. The summed E-state index contributed by atoms with van der Waals surface area (Å²) in [4.78, 5) is 74.2. The van der Waals surface area contributed by atoms with Crippen LogP contribution in [-0.2, 0) is 52.7 Å². The number of carbonyl (C=O) groups is 5. The fourth-order valence-electron chi connectivity index (χ4n) is 6.43. The fourth-order valence-corrected chi connectivity index (χ4v) is 6.43. The second kappa shape index (κ2) is 21.8. The van der Waals surface area contributed by atoms with Gasteiger partial charge in [-0.1, -0.05) is 64.1 Å². The van der Waals surface area contributed by atoms with Gasteiger partial charge in [0.15, 0.2) is 6.10 Å². The molecule has 0 aliphatic heterocycles. The average molecular weight is 805 g/mol. The predicted octanol–water partition coefficient (Wildman–Crippen LogP) is 3.99. The lowest BCUT2D eigenvalue weighted by atomic mass is 9.96. The van der Waals surface area contributed by atoms with Crippen LogP contribution < -0.4 is 10.1 Å². The molecule has 0 spiro atoms. The Morgan fingerprint density at radius 3 is 1.52 bits per heavy atom. The maximum absolute atomic E-state index is 14.5. The van der Waals surface area contributed by atoms with Gasteiger partial charge in [-0.3, -0.25) is 24.1 Å². The number of phenols is 2. The monoisotopic (exact) mass is 804 g/mol. The smallest absolute Gasteiger partial charge is 0.328 e. The normalized spacial score (nSPS) is 14.3. The van der Waals surface area contributed by atoms with Gasteiger partial charge in [0, 0.05) is 32.9 Å². The molecule has 0 aromatic heterocycles. The molecular weight excluding hydrogens is 745 g/mol. The predicted molar refractivity (Wildman–Crippen MR) is 219 cm³/mol. The number of benzene rings is 3. The summed E-state index contributed by atoms with van der Waals surface area (Å²) in [7, 11) is 9.21. The molecule has 1 unspecified atom stereocenters. The van der Waals surface area contributed by atoms with E-state index in [1.54, 1.807) is 83.3 Å². The van der Waals surface area contributed by atoms with Crippen LogP contribution in [0.2, 0.25) is 0 Å². The highest BCUT2D eigenvalue weighted by atomic mass is 16.6. The van der Waals surface area contributed by atoms with Crippen LogP contribution in [0.15, 0.2) is 72.8 Å². The van der Waals surface area contributed by atoms with Crippen LogP contribution in [0.4, 0.5) is 0 Å². The van der Waals surface area contributed by atoms with Crippen molar-refractivity contribution in [3.05, 3.63) is 89.5 Å². The largest absolute Gasteiger partial charge is 0.508 e. The van der Waals surface area contributed by atoms with Crippen molar-refractivity contribution < 1.29 is 48.4 Å². The van der Waals surface area contributed by atoms with Crippen LogP contribution in [0.1, 0.15) is 50.8 Å².